The molecule has 1 atom stereocenters. The van der Waals surface area contributed by atoms with Crippen LogP contribution in [0, 0.1) is 16.7 Å². The standard InChI is InChI=1S/C24H21BrClN3O/c1-24(2)11-19-22(20(30)12-24)21(14-3-5-15(25)6-4-14)18(13-27)23(28)29(19)17-9-7-16(26)8-10-17/h3-10,21H,11-12,28H2,1-2H3/t21-/m1/s1. The Kier molecular flexibility index (Phi) is 5.25. The van der Waals surface area contributed by atoms with Gasteiger partial charge in [-0.2, -0.15) is 5.26 Å². The summed E-state index contributed by atoms with van der Waals surface area (Å²) in [6.45, 7) is 4.17. The number of benzene rings is 2. The summed E-state index contributed by atoms with van der Waals surface area (Å²) in [4.78, 5) is 15.3. The largest absolute Gasteiger partial charge is 0.384 e. The molecule has 1 aliphatic carbocycles. The summed E-state index contributed by atoms with van der Waals surface area (Å²) >= 11 is 9.54. The van der Waals surface area contributed by atoms with E-state index < -0.39 is 5.92 Å². The third-order valence-electron chi connectivity index (χ3n) is 5.67. The minimum Gasteiger partial charge on any atom is -0.384 e. The van der Waals surface area contributed by atoms with Gasteiger partial charge in [0.25, 0.3) is 0 Å². The first kappa shape index (κ1) is 20.7. The van der Waals surface area contributed by atoms with Gasteiger partial charge in [0, 0.05) is 32.9 Å². The highest BCUT2D eigenvalue weighted by molar-refractivity contribution is 9.10. The smallest absolute Gasteiger partial charge is 0.162 e. The van der Waals surface area contributed by atoms with Crippen LogP contribution < -0.4 is 10.6 Å². The molecule has 4 nitrogen and oxygen atoms in total. The van der Waals surface area contributed by atoms with Gasteiger partial charge in [-0.05, 0) is 53.8 Å². The second kappa shape index (κ2) is 7.61. The van der Waals surface area contributed by atoms with Gasteiger partial charge < -0.3 is 5.73 Å². The van der Waals surface area contributed by atoms with Crippen LogP contribution in [0.5, 0.6) is 0 Å². The van der Waals surface area contributed by atoms with Crippen LogP contribution >= 0.6 is 27.5 Å². The number of nitrogens with two attached hydrogens (primary N) is 1. The zero-order valence-corrected chi connectivity index (χ0v) is 19.1. The fourth-order valence-corrected chi connectivity index (χ4v) is 4.77. The molecule has 2 aromatic carbocycles. The fraction of sp³-hybridized carbons (Fsp3) is 0.250. The minimum atomic E-state index is -0.467. The van der Waals surface area contributed by atoms with Gasteiger partial charge in [-0.25, -0.2) is 0 Å². The van der Waals surface area contributed by atoms with E-state index in [1.54, 1.807) is 12.1 Å². The van der Waals surface area contributed by atoms with E-state index in [1.165, 1.54) is 0 Å². The van der Waals surface area contributed by atoms with Crippen molar-refractivity contribution in [3.05, 3.63) is 86.3 Å². The molecule has 0 saturated heterocycles. The lowest BCUT2D eigenvalue weighted by molar-refractivity contribution is -0.118. The van der Waals surface area contributed by atoms with Crippen molar-refractivity contribution >= 4 is 39.0 Å². The molecular formula is C24H21BrClN3O. The van der Waals surface area contributed by atoms with Gasteiger partial charge in [0.1, 0.15) is 5.82 Å². The Morgan fingerprint density at radius 3 is 2.37 bits per heavy atom. The molecular weight excluding hydrogens is 462 g/mol. The molecule has 6 heteroatoms. The first-order valence-corrected chi connectivity index (χ1v) is 10.9. The van der Waals surface area contributed by atoms with Crippen molar-refractivity contribution in [2.45, 2.75) is 32.6 Å². The number of carbonyl (C=O) groups excluding carboxylic acids is 1. The molecule has 0 amide bonds. The Balaban J connectivity index is 1.98. The average Bonchev–Trinajstić information content (AvgIpc) is 2.68. The number of nitrogens with zero attached hydrogens (tertiary/aromatic N) is 2. The van der Waals surface area contributed by atoms with Crippen LogP contribution in [0.25, 0.3) is 0 Å². The molecule has 30 heavy (non-hydrogen) atoms. The molecule has 4 rings (SSSR count). The third-order valence-corrected chi connectivity index (χ3v) is 6.45. The Morgan fingerprint density at radius 1 is 1.13 bits per heavy atom. The molecule has 0 unspecified atom stereocenters. The van der Waals surface area contributed by atoms with Gasteiger partial charge in [-0.3, -0.25) is 9.69 Å². The topological polar surface area (TPSA) is 70.1 Å². The lowest BCUT2D eigenvalue weighted by Crippen LogP contribution is -2.42. The summed E-state index contributed by atoms with van der Waals surface area (Å²) in [6.07, 6.45) is 1.12. The SMILES string of the molecule is CC1(C)CC(=O)C2=C(C1)N(c1ccc(Cl)cc1)C(N)=C(C#N)[C@H]2c1ccc(Br)cc1. The maximum absolute atomic E-state index is 13.4. The number of allylic oxidation sites excluding steroid dienone is 3. The molecule has 0 spiro atoms. The van der Waals surface area contributed by atoms with E-state index >= 15 is 0 Å². The van der Waals surface area contributed by atoms with E-state index in [0.717, 1.165) is 21.4 Å². The first-order valence-electron chi connectivity index (χ1n) is 9.69. The monoisotopic (exact) mass is 481 g/mol. The maximum atomic E-state index is 13.4. The molecule has 2 N–H and O–H groups in total. The normalized spacial score (nSPS) is 20.8. The van der Waals surface area contributed by atoms with E-state index in [-0.39, 0.29) is 11.2 Å². The molecule has 2 aliphatic rings. The number of ketones is 1. The molecule has 1 aliphatic heterocycles. The van der Waals surface area contributed by atoms with Crippen molar-refractivity contribution in [2.24, 2.45) is 11.1 Å². The summed E-state index contributed by atoms with van der Waals surface area (Å²) in [5.41, 5.74) is 9.99. The van der Waals surface area contributed by atoms with Crippen LogP contribution in [0.15, 0.2) is 75.7 Å². The zero-order chi connectivity index (χ0) is 21.6. The van der Waals surface area contributed by atoms with Crippen molar-refractivity contribution in [3.8, 4) is 6.07 Å². The van der Waals surface area contributed by atoms with Crippen molar-refractivity contribution in [3.63, 3.8) is 0 Å². The fourth-order valence-electron chi connectivity index (χ4n) is 4.38. The molecule has 152 valence electrons. The number of carbonyl (C=O) groups is 1. The highest BCUT2D eigenvalue weighted by atomic mass is 79.9. The van der Waals surface area contributed by atoms with Crippen molar-refractivity contribution in [1.29, 1.82) is 5.26 Å². The number of nitriles is 1. The van der Waals surface area contributed by atoms with Crippen LogP contribution in [-0.4, -0.2) is 5.78 Å². The molecule has 1 heterocycles. The first-order chi connectivity index (χ1) is 14.2. The Labute approximate surface area is 189 Å². The van der Waals surface area contributed by atoms with E-state index in [1.807, 2.05) is 41.3 Å². The summed E-state index contributed by atoms with van der Waals surface area (Å²) in [7, 11) is 0. The molecule has 0 saturated carbocycles. The summed E-state index contributed by atoms with van der Waals surface area (Å²) in [6, 6.07) is 17.3. The number of halogens is 2. The average molecular weight is 483 g/mol. The van der Waals surface area contributed by atoms with Gasteiger partial charge in [-0.15, -0.1) is 0 Å². The number of anilines is 1. The maximum Gasteiger partial charge on any atom is 0.162 e. The molecule has 0 radical (unpaired) electrons. The number of rotatable bonds is 2. The third kappa shape index (κ3) is 3.55. The van der Waals surface area contributed by atoms with Crippen LogP contribution in [-0.2, 0) is 4.79 Å². The number of hydrogen-bond acceptors (Lipinski definition) is 4. The second-order valence-electron chi connectivity index (χ2n) is 8.51. The Morgan fingerprint density at radius 2 is 1.77 bits per heavy atom. The summed E-state index contributed by atoms with van der Waals surface area (Å²) < 4.78 is 0.936. The summed E-state index contributed by atoms with van der Waals surface area (Å²) in [5.74, 6) is -0.0457. The Bertz CT molecular complexity index is 1120. The van der Waals surface area contributed by atoms with Crippen LogP contribution in [0.3, 0.4) is 0 Å². The predicted octanol–water partition coefficient (Wildman–Crippen LogP) is 6.04. The van der Waals surface area contributed by atoms with Crippen molar-refractivity contribution in [2.75, 3.05) is 4.90 Å². The van der Waals surface area contributed by atoms with Crippen LogP contribution in [0.1, 0.15) is 38.2 Å². The number of Topliss-reactive ketones (excluding diaryl/α,β-unsaturated/α-hetero) is 1. The van der Waals surface area contributed by atoms with Gasteiger partial charge in [0.15, 0.2) is 5.78 Å². The van der Waals surface area contributed by atoms with E-state index in [9.17, 15) is 10.1 Å². The van der Waals surface area contributed by atoms with E-state index in [0.29, 0.717) is 34.8 Å². The number of hydrogen-bond donors (Lipinski definition) is 1. The zero-order valence-electron chi connectivity index (χ0n) is 16.7. The minimum absolute atomic E-state index is 0.0633. The van der Waals surface area contributed by atoms with Gasteiger partial charge in [0.2, 0.25) is 0 Å². The molecule has 2 aromatic rings. The highest BCUT2D eigenvalue weighted by Gasteiger charge is 2.44. The van der Waals surface area contributed by atoms with Crippen molar-refractivity contribution < 1.29 is 4.79 Å². The quantitative estimate of drug-likeness (QED) is 0.566. The van der Waals surface area contributed by atoms with E-state index in [2.05, 4.69) is 35.8 Å². The van der Waals surface area contributed by atoms with Gasteiger partial charge >= 0.3 is 0 Å². The summed E-state index contributed by atoms with van der Waals surface area (Å²) in [5, 5.41) is 10.7. The van der Waals surface area contributed by atoms with Gasteiger partial charge in [0.05, 0.1) is 17.6 Å². The van der Waals surface area contributed by atoms with Crippen LogP contribution in [0.4, 0.5) is 5.69 Å². The molecule has 0 aromatic heterocycles. The second-order valence-corrected chi connectivity index (χ2v) is 9.86. The van der Waals surface area contributed by atoms with E-state index in [4.69, 9.17) is 17.3 Å². The molecule has 0 bridgehead atoms. The Hall–Kier alpha value is -2.55. The highest BCUT2D eigenvalue weighted by Crippen LogP contribution is 2.50. The lowest BCUT2D eigenvalue weighted by Gasteiger charge is -2.43. The van der Waals surface area contributed by atoms with Crippen LogP contribution in [0.2, 0.25) is 5.02 Å². The predicted molar refractivity (Wildman–Crippen MR) is 123 cm³/mol. The lowest BCUT2D eigenvalue weighted by atomic mass is 9.68. The van der Waals surface area contributed by atoms with Gasteiger partial charge in [-0.1, -0.05) is 53.5 Å². The molecule has 0 fully saturated rings. The van der Waals surface area contributed by atoms with Crippen molar-refractivity contribution in [1.82, 2.24) is 0 Å².